The molecule has 0 saturated carbocycles. The van der Waals surface area contributed by atoms with E-state index in [9.17, 15) is 0 Å². The summed E-state index contributed by atoms with van der Waals surface area (Å²) in [6, 6.07) is 1.23. The Morgan fingerprint density at radius 3 is 3.10 bits per heavy atom. The van der Waals surface area contributed by atoms with Gasteiger partial charge in [-0.3, -0.25) is 0 Å². The number of hydrogen-bond donors (Lipinski definition) is 0. The Morgan fingerprint density at radius 1 is 1.70 bits per heavy atom. The zero-order valence-corrected chi connectivity index (χ0v) is 6.46. The summed E-state index contributed by atoms with van der Waals surface area (Å²) >= 11 is 2.95. The molecule has 10 heavy (non-hydrogen) atoms. The Hall–Kier alpha value is -0.640. The lowest BCUT2D eigenvalue weighted by atomic mass is 10.5. The van der Waals surface area contributed by atoms with Crippen LogP contribution in [-0.4, -0.2) is 23.9 Å². The van der Waals surface area contributed by atoms with Crippen molar-refractivity contribution in [2.75, 3.05) is 18.9 Å². The molecule has 4 heteroatoms. The van der Waals surface area contributed by atoms with Crippen molar-refractivity contribution in [3.63, 3.8) is 0 Å². The predicted molar refractivity (Wildman–Crippen MR) is 44.1 cm³/mol. The summed E-state index contributed by atoms with van der Waals surface area (Å²) in [6.45, 7) is -5.59. The van der Waals surface area contributed by atoms with E-state index >= 15 is 0 Å². The minimum Gasteiger partial charge on any atom is -0.363 e. The number of anilines is 1. The molecule has 0 aliphatic heterocycles. The maximum absolute atomic E-state index is 7.18. The van der Waals surface area contributed by atoms with Gasteiger partial charge in [-0.15, -0.1) is 0 Å². The molecule has 0 saturated heterocycles. The van der Waals surface area contributed by atoms with Gasteiger partial charge < -0.3 is 4.90 Å². The molecule has 1 aromatic rings. The van der Waals surface area contributed by atoms with Crippen LogP contribution in [0.3, 0.4) is 0 Å². The van der Waals surface area contributed by atoms with Crippen LogP contribution in [0.15, 0.2) is 17.0 Å². The lowest BCUT2D eigenvalue weighted by Gasteiger charge is -2.09. The topological polar surface area (TPSA) is 29.0 Å². The van der Waals surface area contributed by atoms with E-state index in [0.29, 0.717) is 4.90 Å². The predicted octanol–water partition coefficient (Wildman–Crippen LogP) is 1.31. The summed E-state index contributed by atoms with van der Waals surface area (Å²) in [7, 11) is 0. The Kier molecular flexibility index (Phi) is 0.822. The second kappa shape index (κ2) is 2.96. The molecule has 0 fully saturated rings. The summed E-state index contributed by atoms with van der Waals surface area (Å²) in [5.74, 6) is -0.179. The highest BCUT2D eigenvalue weighted by atomic mass is 79.9. The molecule has 1 aromatic heterocycles. The number of rotatable bonds is 1. The third-order valence-electron chi connectivity index (χ3n) is 0.841. The van der Waals surface area contributed by atoms with Crippen LogP contribution in [0, 0.1) is 0 Å². The molecule has 0 amide bonds. The molecule has 3 nitrogen and oxygen atoms in total. The molecule has 1 rings (SSSR count). The van der Waals surface area contributed by atoms with E-state index in [1.807, 2.05) is 0 Å². The highest BCUT2D eigenvalue weighted by Crippen LogP contribution is 2.08. The molecule has 0 spiro atoms. The number of nitrogens with zero attached hydrogens (tertiary/aromatic N) is 3. The number of hydrogen-bond acceptors (Lipinski definition) is 3. The van der Waals surface area contributed by atoms with Crippen molar-refractivity contribution in [1.29, 1.82) is 0 Å². The first-order chi connectivity index (χ1) is 7.12. The monoisotopic (exact) mass is 207 g/mol. The van der Waals surface area contributed by atoms with Crippen LogP contribution < -0.4 is 4.90 Å². The fraction of sp³-hybridized carbons (Fsp3) is 0.333. The van der Waals surface area contributed by atoms with E-state index in [4.69, 9.17) is 8.22 Å². The standard InChI is InChI=1S/C6H8BrN3/c1-10(2)5-3-4-8-6(7)9-5/h3-4H,1-2H3/i1D3,2D3. The normalized spacial score (nSPS) is 20.9. The fourth-order valence-electron chi connectivity index (χ4n) is 0.451. The van der Waals surface area contributed by atoms with Crippen molar-refractivity contribution in [2.45, 2.75) is 0 Å². The van der Waals surface area contributed by atoms with E-state index in [1.165, 1.54) is 12.3 Å². The molecule has 0 aliphatic rings. The van der Waals surface area contributed by atoms with Gasteiger partial charge in [0.25, 0.3) is 0 Å². The smallest absolute Gasteiger partial charge is 0.198 e. The molecule has 54 valence electrons. The van der Waals surface area contributed by atoms with E-state index in [2.05, 4.69) is 25.9 Å². The molecule has 0 aliphatic carbocycles. The zero-order chi connectivity index (χ0) is 12.6. The van der Waals surface area contributed by atoms with Gasteiger partial charge in [-0.1, -0.05) is 0 Å². The third kappa shape index (κ3) is 1.67. The van der Waals surface area contributed by atoms with Crippen molar-refractivity contribution >= 4 is 21.7 Å². The minimum atomic E-state index is -2.79. The molecular formula is C6H8BrN3. The Labute approximate surface area is 76.7 Å². The first-order valence-corrected chi connectivity index (χ1v) is 3.20. The minimum absolute atomic E-state index is 0.128. The average Bonchev–Trinajstić information content (AvgIpc) is 1.97. The molecule has 1 heterocycles. The lowest BCUT2D eigenvalue weighted by Crippen LogP contribution is -2.10. The molecule has 0 radical (unpaired) electrons. The van der Waals surface area contributed by atoms with Gasteiger partial charge in [0.2, 0.25) is 0 Å². The van der Waals surface area contributed by atoms with Crippen LogP contribution in [0.25, 0.3) is 0 Å². The van der Waals surface area contributed by atoms with Crippen LogP contribution in [0.2, 0.25) is 0 Å². The lowest BCUT2D eigenvalue weighted by molar-refractivity contribution is 1.01. The van der Waals surface area contributed by atoms with E-state index in [1.54, 1.807) is 0 Å². The second-order valence-corrected chi connectivity index (χ2v) is 2.23. The van der Waals surface area contributed by atoms with Gasteiger partial charge in [0.15, 0.2) is 4.73 Å². The van der Waals surface area contributed by atoms with Gasteiger partial charge in [-0.25, -0.2) is 9.97 Å². The van der Waals surface area contributed by atoms with Gasteiger partial charge >= 0.3 is 0 Å². The van der Waals surface area contributed by atoms with Crippen molar-refractivity contribution in [1.82, 2.24) is 9.97 Å². The largest absolute Gasteiger partial charge is 0.363 e. The highest BCUT2D eigenvalue weighted by Gasteiger charge is 1.95. The molecule has 0 unspecified atom stereocenters. The number of aromatic nitrogens is 2. The van der Waals surface area contributed by atoms with Crippen molar-refractivity contribution in [2.24, 2.45) is 0 Å². The maximum Gasteiger partial charge on any atom is 0.198 e. The summed E-state index contributed by atoms with van der Waals surface area (Å²) in [5.41, 5.74) is 0. The fourth-order valence-corrected chi connectivity index (χ4v) is 0.751. The number of halogens is 1. The van der Waals surface area contributed by atoms with Crippen LogP contribution in [0.1, 0.15) is 8.22 Å². The molecule has 0 aromatic carbocycles. The maximum atomic E-state index is 7.18. The Bertz CT molecular complexity index is 361. The first kappa shape index (κ1) is 2.77. The van der Waals surface area contributed by atoms with E-state index in [0.717, 1.165) is 0 Å². The quantitative estimate of drug-likeness (QED) is 0.651. The van der Waals surface area contributed by atoms with E-state index in [-0.39, 0.29) is 10.6 Å². The molecular weight excluding hydrogens is 194 g/mol. The van der Waals surface area contributed by atoms with Gasteiger partial charge in [0.05, 0.1) is 0 Å². The van der Waals surface area contributed by atoms with Crippen molar-refractivity contribution in [3.05, 3.63) is 17.0 Å². The zero-order valence-electron chi connectivity index (χ0n) is 10.9. The third-order valence-corrected chi connectivity index (χ3v) is 1.22. The van der Waals surface area contributed by atoms with Crippen molar-refractivity contribution < 1.29 is 8.22 Å². The van der Waals surface area contributed by atoms with Crippen LogP contribution >= 0.6 is 15.9 Å². The van der Waals surface area contributed by atoms with Crippen LogP contribution in [0.5, 0.6) is 0 Å². The average molecular weight is 208 g/mol. The summed E-state index contributed by atoms with van der Waals surface area (Å²) in [5, 5.41) is 0. The van der Waals surface area contributed by atoms with Crippen LogP contribution in [0.4, 0.5) is 5.82 Å². The molecule has 0 N–H and O–H groups in total. The summed E-state index contributed by atoms with van der Waals surface area (Å²) in [4.78, 5) is 7.71. The SMILES string of the molecule is [2H]C([2H])([2H])N(c1ccnc(Br)n1)C([2H])([2H])[2H]. The highest BCUT2D eigenvalue weighted by molar-refractivity contribution is 9.10. The first-order valence-electron chi connectivity index (χ1n) is 5.41. The van der Waals surface area contributed by atoms with Gasteiger partial charge in [-0.05, 0) is 22.0 Å². The van der Waals surface area contributed by atoms with Gasteiger partial charge in [0.1, 0.15) is 5.82 Å². The van der Waals surface area contributed by atoms with Gasteiger partial charge in [-0.2, -0.15) is 0 Å². The van der Waals surface area contributed by atoms with Gasteiger partial charge in [0, 0.05) is 28.4 Å². The second-order valence-electron chi connectivity index (χ2n) is 1.52. The van der Waals surface area contributed by atoms with Crippen molar-refractivity contribution in [3.8, 4) is 0 Å². The summed E-state index contributed by atoms with van der Waals surface area (Å²) < 4.78 is 43.2. The molecule has 0 atom stereocenters. The Morgan fingerprint density at radius 2 is 2.50 bits per heavy atom. The van der Waals surface area contributed by atoms with E-state index < -0.39 is 14.0 Å². The van der Waals surface area contributed by atoms with Crippen LogP contribution in [-0.2, 0) is 0 Å². The Balaban J connectivity index is 3.23. The summed E-state index contributed by atoms with van der Waals surface area (Å²) in [6.07, 6.45) is 1.27. The molecule has 0 bridgehead atoms.